The minimum absolute atomic E-state index is 0.0564. The molecule has 2 aliphatic carbocycles. The Hall–Kier alpha value is -2.87. The van der Waals surface area contributed by atoms with Gasteiger partial charge in [0.25, 0.3) is 5.56 Å². The third-order valence-electron chi connectivity index (χ3n) is 7.49. The number of unbranched alkanes of at least 4 members (excludes halogenated alkanes) is 1. The van der Waals surface area contributed by atoms with Gasteiger partial charge in [0.05, 0.1) is 13.1 Å². The van der Waals surface area contributed by atoms with Crippen LogP contribution in [-0.2, 0) is 17.9 Å². The van der Waals surface area contributed by atoms with Crippen molar-refractivity contribution in [1.29, 1.82) is 0 Å². The molecule has 190 valence electrons. The Morgan fingerprint density at radius 3 is 2.29 bits per heavy atom. The molecule has 0 radical (unpaired) electrons. The van der Waals surface area contributed by atoms with Gasteiger partial charge in [-0.15, -0.1) is 0 Å². The summed E-state index contributed by atoms with van der Waals surface area (Å²) in [5, 5.41) is 0. The van der Waals surface area contributed by atoms with E-state index in [-0.39, 0.29) is 30.5 Å². The van der Waals surface area contributed by atoms with Gasteiger partial charge in [0.15, 0.2) is 5.69 Å². The van der Waals surface area contributed by atoms with Crippen LogP contribution in [0.4, 0.5) is 11.5 Å². The number of H-pyrrole nitrogens is 1. The molecule has 0 unspecified atom stereocenters. The van der Waals surface area contributed by atoms with E-state index >= 15 is 0 Å². The number of amides is 1. The highest BCUT2D eigenvalue weighted by Crippen LogP contribution is 2.35. The van der Waals surface area contributed by atoms with E-state index in [4.69, 9.17) is 5.73 Å². The quantitative estimate of drug-likeness (QED) is 0.541. The maximum atomic E-state index is 13.9. The van der Waals surface area contributed by atoms with Gasteiger partial charge >= 0.3 is 5.69 Å². The van der Waals surface area contributed by atoms with Crippen LogP contribution in [0.3, 0.4) is 0 Å². The summed E-state index contributed by atoms with van der Waals surface area (Å²) in [5.74, 6) is 0.637. The lowest BCUT2D eigenvalue weighted by Gasteiger charge is -2.37. The molecular formula is C27H39N5O3. The second-order valence-corrected chi connectivity index (χ2v) is 10.3. The molecule has 8 nitrogen and oxygen atoms in total. The van der Waals surface area contributed by atoms with Gasteiger partial charge in [-0.05, 0) is 56.4 Å². The second kappa shape index (κ2) is 11.2. The highest BCUT2D eigenvalue weighted by atomic mass is 16.2. The molecule has 2 aromatic rings. The van der Waals surface area contributed by atoms with E-state index < -0.39 is 11.2 Å². The average molecular weight is 482 g/mol. The van der Waals surface area contributed by atoms with E-state index in [0.717, 1.165) is 50.0 Å². The largest absolute Gasteiger partial charge is 0.383 e. The predicted molar refractivity (Wildman–Crippen MR) is 139 cm³/mol. The molecule has 1 aromatic heterocycles. The molecule has 0 aliphatic heterocycles. The highest BCUT2D eigenvalue weighted by molar-refractivity contribution is 5.96. The fraction of sp³-hybridized carbons (Fsp3) is 0.593. The van der Waals surface area contributed by atoms with Gasteiger partial charge in [-0.25, -0.2) is 4.79 Å². The number of anilines is 2. The molecule has 1 heterocycles. The number of aromatic nitrogens is 2. The van der Waals surface area contributed by atoms with Crippen LogP contribution in [0.5, 0.6) is 0 Å². The normalized spacial score (nSPS) is 20.2. The third kappa shape index (κ3) is 6.04. The van der Waals surface area contributed by atoms with Crippen molar-refractivity contribution >= 4 is 17.4 Å². The summed E-state index contributed by atoms with van der Waals surface area (Å²) in [6.45, 7) is 5.19. The van der Waals surface area contributed by atoms with E-state index in [1.54, 1.807) is 0 Å². The van der Waals surface area contributed by atoms with Crippen LogP contribution in [0.2, 0.25) is 0 Å². The zero-order valence-corrected chi connectivity index (χ0v) is 21.0. The van der Waals surface area contributed by atoms with Gasteiger partial charge < -0.3 is 5.73 Å². The average Bonchev–Trinajstić information content (AvgIpc) is 3.68. The van der Waals surface area contributed by atoms with Crippen molar-refractivity contribution in [2.75, 3.05) is 17.2 Å². The fourth-order valence-electron chi connectivity index (χ4n) is 5.21. The number of nitrogens with one attached hydrogen (secondary N) is 1. The van der Waals surface area contributed by atoms with Crippen LogP contribution >= 0.6 is 0 Å². The van der Waals surface area contributed by atoms with E-state index in [1.807, 2.05) is 37.3 Å². The number of benzene rings is 1. The number of nitrogens with two attached hydrogens (primary N) is 1. The Morgan fingerprint density at radius 1 is 1.06 bits per heavy atom. The molecule has 4 rings (SSSR count). The van der Waals surface area contributed by atoms with Gasteiger partial charge in [-0.2, -0.15) is 0 Å². The van der Waals surface area contributed by atoms with Crippen molar-refractivity contribution in [3.05, 3.63) is 56.7 Å². The maximum Gasteiger partial charge on any atom is 0.330 e. The Labute approximate surface area is 207 Å². The predicted octanol–water partition coefficient (Wildman–Crippen LogP) is 3.50. The van der Waals surface area contributed by atoms with Gasteiger partial charge in [0.1, 0.15) is 5.82 Å². The molecule has 8 heteroatoms. The lowest BCUT2D eigenvalue weighted by molar-refractivity contribution is -0.120. The topological polar surface area (TPSA) is 104 Å². The Kier molecular flexibility index (Phi) is 8.11. The van der Waals surface area contributed by atoms with Gasteiger partial charge in [-0.3, -0.25) is 28.9 Å². The first-order valence-electron chi connectivity index (χ1n) is 13.1. The maximum absolute atomic E-state index is 13.9. The number of rotatable bonds is 10. The summed E-state index contributed by atoms with van der Waals surface area (Å²) in [4.78, 5) is 45.7. The number of aromatic amines is 1. The SMILES string of the molecule is CCCCn1c(N)c(N(Cc2ccccc2)C(=O)CN(C2CCC(C)CC2)C2CC2)c(=O)[nH]c1=O. The van der Waals surface area contributed by atoms with Crippen LogP contribution in [-0.4, -0.2) is 39.0 Å². The third-order valence-corrected chi connectivity index (χ3v) is 7.49. The summed E-state index contributed by atoms with van der Waals surface area (Å²) in [6, 6.07) is 10.4. The lowest BCUT2D eigenvalue weighted by atomic mass is 9.86. The summed E-state index contributed by atoms with van der Waals surface area (Å²) in [6.07, 6.45) is 8.44. The molecule has 2 fully saturated rings. The first-order chi connectivity index (χ1) is 16.9. The molecular weight excluding hydrogens is 442 g/mol. The van der Waals surface area contributed by atoms with Crippen molar-refractivity contribution < 1.29 is 4.79 Å². The molecule has 0 bridgehead atoms. The Balaban J connectivity index is 1.67. The van der Waals surface area contributed by atoms with Gasteiger partial charge in [0, 0.05) is 18.6 Å². The highest BCUT2D eigenvalue weighted by Gasteiger charge is 2.38. The summed E-state index contributed by atoms with van der Waals surface area (Å²) in [5.41, 5.74) is 6.23. The van der Waals surface area contributed by atoms with Crippen molar-refractivity contribution in [3.63, 3.8) is 0 Å². The number of nitrogen functional groups attached to an aromatic ring is 1. The first kappa shape index (κ1) is 25.2. The van der Waals surface area contributed by atoms with Gasteiger partial charge in [0.2, 0.25) is 5.91 Å². The number of carbonyl (C=O) groups is 1. The standard InChI is InChI=1S/C27H39N5O3/c1-3-4-16-30-25(28)24(26(34)29-27(30)35)32(17-20-8-6-5-7-9-20)23(33)18-31(22-14-15-22)21-12-10-19(2)11-13-21/h5-9,19,21-22H,3-4,10-18,28H2,1-2H3,(H,29,34,35). The van der Waals surface area contributed by atoms with Crippen LogP contribution in [0.25, 0.3) is 0 Å². The van der Waals surface area contributed by atoms with E-state index in [9.17, 15) is 14.4 Å². The Bertz CT molecular complexity index is 1110. The van der Waals surface area contributed by atoms with Gasteiger partial charge in [-0.1, -0.05) is 50.6 Å². The Morgan fingerprint density at radius 2 is 1.69 bits per heavy atom. The number of carbonyl (C=O) groups excluding carboxylic acids is 1. The van der Waals surface area contributed by atoms with Crippen LogP contribution in [0, 0.1) is 5.92 Å². The first-order valence-corrected chi connectivity index (χ1v) is 13.1. The minimum atomic E-state index is -0.617. The van der Waals surface area contributed by atoms with Crippen molar-refractivity contribution in [3.8, 4) is 0 Å². The molecule has 0 atom stereocenters. The van der Waals surface area contributed by atoms with Crippen molar-refractivity contribution in [2.45, 2.75) is 90.4 Å². The van der Waals surface area contributed by atoms with Crippen LogP contribution in [0.15, 0.2) is 39.9 Å². The molecule has 3 N–H and O–H groups in total. The number of hydrogen-bond acceptors (Lipinski definition) is 5. The molecule has 0 spiro atoms. The monoisotopic (exact) mass is 481 g/mol. The van der Waals surface area contributed by atoms with E-state index in [2.05, 4.69) is 16.8 Å². The molecule has 35 heavy (non-hydrogen) atoms. The minimum Gasteiger partial charge on any atom is -0.383 e. The smallest absolute Gasteiger partial charge is 0.330 e. The molecule has 1 amide bonds. The van der Waals surface area contributed by atoms with E-state index in [0.29, 0.717) is 18.6 Å². The summed E-state index contributed by atoms with van der Waals surface area (Å²) in [7, 11) is 0. The van der Waals surface area contributed by atoms with Crippen molar-refractivity contribution in [2.24, 2.45) is 5.92 Å². The zero-order valence-electron chi connectivity index (χ0n) is 21.0. The molecule has 2 aliphatic rings. The molecule has 2 saturated carbocycles. The number of hydrogen-bond donors (Lipinski definition) is 2. The van der Waals surface area contributed by atoms with Crippen molar-refractivity contribution in [1.82, 2.24) is 14.5 Å². The summed E-state index contributed by atoms with van der Waals surface area (Å²) < 4.78 is 1.38. The lowest BCUT2D eigenvalue weighted by Crippen LogP contribution is -2.48. The summed E-state index contributed by atoms with van der Waals surface area (Å²) >= 11 is 0. The molecule has 0 saturated heterocycles. The zero-order chi connectivity index (χ0) is 24.9. The van der Waals surface area contributed by atoms with E-state index in [1.165, 1.54) is 22.3 Å². The fourth-order valence-corrected chi connectivity index (χ4v) is 5.21. The second-order valence-electron chi connectivity index (χ2n) is 10.3. The number of nitrogens with zero attached hydrogens (tertiary/aromatic N) is 3. The molecule has 1 aromatic carbocycles. The van der Waals surface area contributed by atoms with Crippen LogP contribution < -0.4 is 21.9 Å². The van der Waals surface area contributed by atoms with Crippen LogP contribution in [0.1, 0.15) is 70.8 Å².